The summed E-state index contributed by atoms with van der Waals surface area (Å²) in [5.41, 5.74) is 0. The van der Waals surface area contributed by atoms with Crippen LogP contribution >= 0.6 is 0 Å². The molecule has 1 fully saturated rings. The smallest absolute Gasteiger partial charge is 0.303 e. The van der Waals surface area contributed by atoms with Gasteiger partial charge in [0.15, 0.2) is 0 Å². The highest BCUT2D eigenvalue weighted by Gasteiger charge is 2.24. The number of carboxylic acid groups (broad SMARTS) is 1. The Morgan fingerprint density at radius 3 is 2.50 bits per heavy atom. The molecule has 1 saturated carbocycles. The Morgan fingerprint density at radius 1 is 1.17 bits per heavy atom. The van der Waals surface area contributed by atoms with E-state index in [9.17, 15) is 9.59 Å². The first-order valence-corrected chi connectivity index (χ1v) is 7.14. The Bertz CT molecular complexity index is 278. The van der Waals surface area contributed by atoms with Crippen molar-refractivity contribution >= 4 is 11.9 Å². The highest BCUT2D eigenvalue weighted by molar-refractivity contribution is 5.76. The van der Waals surface area contributed by atoms with Gasteiger partial charge in [-0.05, 0) is 31.6 Å². The molecule has 0 saturated heterocycles. The fourth-order valence-corrected chi connectivity index (χ4v) is 2.73. The fourth-order valence-electron chi connectivity index (χ4n) is 2.73. The number of amides is 1. The summed E-state index contributed by atoms with van der Waals surface area (Å²) in [5.74, 6) is -0.0683. The van der Waals surface area contributed by atoms with Gasteiger partial charge in [0.05, 0.1) is 0 Å². The highest BCUT2D eigenvalue weighted by atomic mass is 16.4. The van der Waals surface area contributed by atoms with Crippen LogP contribution in [0, 0.1) is 5.92 Å². The molecule has 0 bridgehead atoms. The van der Waals surface area contributed by atoms with Gasteiger partial charge in [-0.15, -0.1) is 0 Å². The lowest BCUT2D eigenvalue weighted by molar-refractivity contribution is -0.137. The van der Waals surface area contributed by atoms with Crippen molar-refractivity contribution in [3.05, 3.63) is 0 Å². The summed E-state index contributed by atoms with van der Waals surface area (Å²) in [6.07, 6.45) is 7.81. The van der Waals surface area contributed by atoms with E-state index in [0.29, 0.717) is 31.2 Å². The molecular weight excluding hydrogens is 230 g/mol. The fraction of sp³-hybridized carbons (Fsp3) is 0.857. The molecule has 0 aromatic carbocycles. The number of carbonyl (C=O) groups excluding carboxylic acids is 1. The zero-order chi connectivity index (χ0) is 13.4. The number of aliphatic carboxylic acids is 1. The normalized spacial score (nSPS) is 23.6. The number of rotatable bonds is 7. The first-order chi connectivity index (χ1) is 8.63. The first kappa shape index (κ1) is 15.0. The molecule has 1 rings (SSSR count). The Kier molecular flexibility index (Phi) is 6.76. The average molecular weight is 255 g/mol. The van der Waals surface area contributed by atoms with Crippen molar-refractivity contribution in [2.45, 2.75) is 70.8 Å². The van der Waals surface area contributed by atoms with Crippen molar-refractivity contribution in [1.29, 1.82) is 0 Å². The standard InChI is InChI=1S/C14H25NO3/c1-2-11-7-3-4-8-12(11)15-13(16)9-5-6-10-14(17)18/h11-12H,2-10H2,1H3,(H,15,16)(H,17,18). The van der Waals surface area contributed by atoms with E-state index in [1.807, 2.05) is 0 Å². The third-order valence-corrected chi connectivity index (χ3v) is 3.82. The van der Waals surface area contributed by atoms with Crippen LogP contribution in [0.2, 0.25) is 0 Å². The van der Waals surface area contributed by atoms with Crippen LogP contribution in [0.15, 0.2) is 0 Å². The zero-order valence-corrected chi connectivity index (χ0v) is 11.3. The molecule has 0 aromatic rings. The van der Waals surface area contributed by atoms with Gasteiger partial charge in [-0.25, -0.2) is 0 Å². The van der Waals surface area contributed by atoms with E-state index in [-0.39, 0.29) is 12.3 Å². The van der Waals surface area contributed by atoms with E-state index in [1.165, 1.54) is 19.3 Å². The summed E-state index contributed by atoms with van der Waals surface area (Å²) in [5, 5.41) is 11.6. The van der Waals surface area contributed by atoms with Crippen molar-refractivity contribution in [3.63, 3.8) is 0 Å². The van der Waals surface area contributed by atoms with Crippen LogP contribution in [-0.4, -0.2) is 23.0 Å². The molecule has 0 radical (unpaired) electrons. The maximum absolute atomic E-state index is 11.8. The third-order valence-electron chi connectivity index (χ3n) is 3.82. The zero-order valence-electron chi connectivity index (χ0n) is 11.3. The van der Waals surface area contributed by atoms with E-state index in [2.05, 4.69) is 12.2 Å². The minimum absolute atomic E-state index is 0.0886. The molecule has 4 nitrogen and oxygen atoms in total. The average Bonchev–Trinajstić information content (AvgIpc) is 2.35. The summed E-state index contributed by atoms with van der Waals surface area (Å²) in [6, 6.07) is 0.343. The summed E-state index contributed by atoms with van der Waals surface area (Å²) < 4.78 is 0. The predicted molar refractivity (Wildman–Crippen MR) is 70.3 cm³/mol. The van der Waals surface area contributed by atoms with Crippen molar-refractivity contribution < 1.29 is 14.7 Å². The SMILES string of the molecule is CCC1CCCCC1NC(=O)CCCCC(=O)O. The topological polar surface area (TPSA) is 66.4 Å². The van der Waals surface area contributed by atoms with Gasteiger partial charge in [-0.1, -0.05) is 26.2 Å². The molecule has 0 aliphatic heterocycles. The molecular formula is C14H25NO3. The van der Waals surface area contributed by atoms with Gasteiger partial charge >= 0.3 is 5.97 Å². The summed E-state index contributed by atoms with van der Waals surface area (Å²) in [7, 11) is 0. The Balaban J connectivity index is 2.19. The molecule has 0 spiro atoms. The molecule has 1 amide bonds. The van der Waals surface area contributed by atoms with Crippen LogP contribution < -0.4 is 5.32 Å². The third kappa shape index (κ3) is 5.52. The molecule has 1 aliphatic rings. The Labute approximate surface area is 109 Å². The monoisotopic (exact) mass is 255 g/mol. The molecule has 4 heteroatoms. The van der Waals surface area contributed by atoms with E-state index in [4.69, 9.17) is 5.11 Å². The second-order valence-electron chi connectivity index (χ2n) is 5.23. The number of carbonyl (C=O) groups is 2. The summed E-state index contributed by atoms with van der Waals surface area (Å²) >= 11 is 0. The van der Waals surface area contributed by atoms with Gasteiger partial charge in [-0.3, -0.25) is 9.59 Å². The van der Waals surface area contributed by atoms with E-state index in [1.54, 1.807) is 0 Å². The van der Waals surface area contributed by atoms with Gasteiger partial charge < -0.3 is 10.4 Å². The van der Waals surface area contributed by atoms with Crippen LogP contribution in [0.1, 0.15) is 64.7 Å². The number of nitrogens with one attached hydrogen (secondary N) is 1. The van der Waals surface area contributed by atoms with Crippen LogP contribution in [0.5, 0.6) is 0 Å². The minimum atomic E-state index is -0.784. The lowest BCUT2D eigenvalue weighted by atomic mass is 9.83. The van der Waals surface area contributed by atoms with Crippen molar-refractivity contribution in [1.82, 2.24) is 5.32 Å². The van der Waals surface area contributed by atoms with Crippen LogP contribution in [0.25, 0.3) is 0 Å². The molecule has 0 heterocycles. The van der Waals surface area contributed by atoms with Crippen molar-refractivity contribution in [3.8, 4) is 0 Å². The van der Waals surface area contributed by atoms with E-state index < -0.39 is 5.97 Å². The molecule has 2 unspecified atom stereocenters. The Hall–Kier alpha value is -1.06. The van der Waals surface area contributed by atoms with E-state index in [0.717, 1.165) is 12.8 Å². The maximum Gasteiger partial charge on any atom is 0.303 e. The second-order valence-corrected chi connectivity index (χ2v) is 5.23. The highest BCUT2D eigenvalue weighted by Crippen LogP contribution is 2.26. The Morgan fingerprint density at radius 2 is 1.83 bits per heavy atom. The van der Waals surface area contributed by atoms with Crippen molar-refractivity contribution in [2.75, 3.05) is 0 Å². The molecule has 1 aliphatic carbocycles. The van der Waals surface area contributed by atoms with Crippen LogP contribution in [-0.2, 0) is 9.59 Å². The maximum atomic E-state index is 11.8. The van der Waals surface area contributed by atoms with Crippen LogP contribution in [0.3, 0.4) is 0 Å². The number of carboxylic acids is 1. The quantitative estimate of drug-likeness (QED) is 0.687. The summed E-state index contributed by atoms with van der Waals surface area (Å²) in [4.78, 5) is 22.1. The van der Waals surface area contributed by atoms with Crippen LogP contribution in [0.4, 0.5) is 0 Å². The molecule has 18 heavy (non-hydrogen) atoms. The van der Waals surface area contributed by atoms with Crippen molar-refractivity contribution in [2.24, 2.45) is 5.92 Å². The summed E-state index contributed by atoms with van der Waals surface area (Å²) in [6.45, 7) is 2.18. The largest absolute Gasteiger partial charge is 0.481 e. The van der Waals surface area contributed by atoms with Gasteiger partial charge in [-0.2, -0.15) is 0 Å². The minimum Gasteiger partial charge on any atom is -0.481 e. The molecule has 2 N–H and O–H groups in total. The number of hydrogen-bond donors (Lipinski definition) is 2. The molecule has 104 valence electrons. The lowest BCUT2D eigenvalue weighted by Crippen LogP contribution is -2.41. The van der Waals surface area contributed by atoms with E-state index >= 15 is 0 Å². The first-order valence-electron chi connectivity index (χ1n) is 7.14. The number of hydrogen-bond acceptors (Lipinski definition) is 2. The van der Waals surface area contributed by atoms with Gasteiger partial charge in [0.1, 0.15) is 0 Å². The number of unbranched alkanes of at least 4 members (excludes halogenated alkanes) is 1. The van der Waals surface area contributed by atoms with Gasteiger partial charge in [0.25, 0.3) is 0 Å². The molecule has 0 aromatic heterocycles. The lowest BCUT2D eigenvalue weighted by Gasteiger charge is -2.31. The molecule has 2 atom stereocenters. The van der Waals surface area contributed by atoms with Gasteiger partial charge in [0, 0.05) is 18.9 Å². The predicted octanol–water partition coefficient (Wildman–Crippen LogP) is 2.72. The second kappa shape index (κ2) is 8.11. The van der Waals surface area contributed by atoms with Gasteiger partial charge in [0.2, 0.25) is 5.91 Å².